The molecule has 146 valence electrons. The molecule has 2 heterocycles. The van der Waals surface area contributed by atoms with Crippen molar-refractivity contribution in [1.82, 2.24) is 10.3 Å². The highest BCUT2D eigenvalue weighted by molar-refractivity contribution is 7.22. The van der Waals surface area contributed by atoms with E-state index in [1.165, 1.54) is 5.56 Å². The Kier molecular flexibility index (Phi) is 5.76. The fraction of sp³-hybridized carbons (Fsp3) is 0.364. The van der Waals surface area contributed by atoms with Crippen molar-refractivity contribution in [1.29, 1.82) is 0 Å². The number of piperidine rings is 1. The van der Waals surface area contributed by atoms with Gasteiger partial charge in [-0.25, -0.2) is 4.98 Å². The summed E-state index contributed by atoms with van der Waals surface area (Å²) in [6, 6.07) is 16.2. The predicted molar refractivity (Wildman–Crippen MR) is 114 cm³/mol. The Hall–Kier alpha value is -2.60. The molecular formula is C22H25N3O2S. The minimum absolute atomic E-state index is 0.0195. The van der Waals surface area contributed by atoms with Crippen molar-refractivity contribution >= 4 is 32.6 Å². The van der Waals surface area contributed by atoms with Crippen molar-refractivity contribution in [2.45, 2.75) is 19.3 Å². The Labute approximate surface area is 169 Å². The Morgan fingerprint density at radius 2 is 2.14 bits per heavy atom. The fourth-order valence-corrected chi connectivity index (χ4v) is 4.67. The van der Waals surface area contributed by atoms with Crippen LogP contribution in [0.5, 0.6) is 5.75 Å². The van der Waals surface area contributed by atoms with Gasteiger partial charge in [-0.1, -0.05) is 41.7 Å². The number of benzene rings is 2. The monoisotopic (exact) mass is 395 g/mol. The summed E-state index contributed by atoms with van der Waals surface area (Å²) in [6.07, 6.45) is 2.81. The van der Waals surface area contributed by atoms with E-state index in [9.17, 15) is 4.79 Å². The van der Waals surface area contributed by atoms with Gasteiger partial charge in [0.2, 0.25) is 5.91 Å². The number of aromatic nitrogens is 1. The third-order valence-corrected chi connectivity index (χ3v) is 6.28. The van der Waals surface area contributed by atoms with Gasteiger partial charge in [-0.05, 0) is 43.0 Å². The van der Waals surface area contributed by atoms with Crippen LogP contribution >= 0.6 is 11.3 Å². The zero-order chi connectivity index (χ0) is 19.3. The van der Waals surface area contributed by atoms with Crippen molar-refractivity contribution in [2.24, 2.45) is 5.92 Å². The van der Waals surface area contributed by atoms with Crippen LogP contribution < -0.4 is 15.0 Å². The molecule has 2 aromatic carbocycles. The smallest absolute Gasteiger partial charge is 0.224 e. The summed E-state index contributed by atoms with van der Waals surface area (Å²) in [4.78, 5) is 19.7. The molecule has 0 spiro atoms. The van der Waals surface area contributed by atoms with E-state index in [4.69, 9.17) is 9.72 Å². The van der Waals surface area contributed by atoms with E-state index in [-0.39, 0.29) is 11.8 Å². The first-order valence-electron chi connectivity index (χ1n) is 9.74. The van der Waals surface area contributed by atoms with Gasteiger partial charge in [0.15, 0.2) is 5.13 Å². The first-order chi connectivity index (χ1) is 13.7. The summed E-state index contributed by atoms with van der Waals surface area (Å²) in [5, 5.41) is 4.11. The zero-order valence-corrected chi connectivity index (χ0v) is 16.9. The number of anilines is 1. The van der Waals surface area contributed by atoms with Crippen LogP contribution in [-0.2, 0) is 11.2 Å². The number of nitrogens with zero attached hydrogens (tertiary/aromatic N) is 2. The van der Waals surface area contributed by atoms with Crippen LogP contribution in [0.1, 0.15) is 18.4 Å². The molecule has 1 atom stereocenters. The number of amides is 1. The third-order valence-electron chi connectivity index (χ3n) is 5.20. The SMILES string of the molecule is COc1ccc2nc(N3CCC[C@H](C(=O)NCCc4ccccc4)C3)sc2c1. The average molecular weight is 396 g/mol. The third kappa shape index (κ3) is 4.28. The van der Waals surface area contributed by atoms with Crippen LogP contribution in [0, 0.1) is 5.92 Å². The average Bonchev–Trinajstić information content (AvgIpc) is 3.18. The number of ether oxygens (including phenoxy) is 1. The highest BCUT2D eigenvalue weighted by atomic mass is 32.1. The Bertz CT molecular complexity index is 941. The lowest BCUT2D eigenvalue weighted by Crippen LogP contribution is -2.43. The second-order valence-corrected chi connectivity index (χ2v) is 8.15. The number of hydrogen-bond donors (Lipinski definition) is 1. The van der Waals surface area contributed by atoms with Crippen LogP contribution in [-0.4, -0.2) is 37.6 Å². The Morgan fingerprint density at radius 3 is 2.96 bits per heavy atom. The van der Waals surface area contributed by atoms with E-state index < -0.39 is 0 Å². The molecule has 1 saturated heterocycles. The highest BCUT2D eigenvalue weighted by Crippen LogP contribution is 2.33. The molecule has 0 radical (unpaired) electrons. The minimum atomic E-state index is 0.0195. The molecule has 0 unspecified atom stereocenters. The number of rotatable bonds is 6. The summed E-state index contributed by atoms with van der Waals surface area (Å²) in [5.41, 5.74) is 2.23. The second-order valence-electron chi connectivity index (χ2n) is 7.14. The van der Waals surface area contributed by atoms with Crippen LogP contribution in [0.4, 0.5) is 5.13 Å². The van der Waals surface area contributed by atoms with Crippen molar-refractivity contribution < 1.29 is 9.53 Å². The lowest BCUT2D eigenvalue weighted by atomic mass is 9.97. The van der Waals surface area contributed by atoms with Crippen molar-refractivity contribution in [2.75, 3.05) is 31.6 Å². The molecule has 6 heteroatoms. The molecule has 5 nitrogen and oxygen atoms in total. The van der Waals surface area contributed by atoms with E-state index in [0.717, 1.165) is 53.4 Å². The quantitative estimate of drug-likeness (QED) is 0.688. The normalized spacial score (nSPS) is 16.9. The minimum Gasteiger partial charge on any atom is -0.497 e. The van der Waals surface area contributed by atoms with E-state index in [1.54, 1.807) is 18.4 Å². The van der Waals surface area contributed by atoms with Gasteiger partial charge in [0.25, 0.3) is 0 Å². The Balaban J connectivity index is 1.36. The molecule has 0 aliphatic carbocycles. The number of thiazole rings is 1. The number of nitrogens with one attached hydrogen (secondary N) is 1. The van der Waals surface area contributed by atoms with E-state index >= 15 is 0 Å². The van der Waals surface area contributed by atoms with Crippen molar-refractivity contribution in [3.8, 4) is 5.75 Å². The van der Waals surface area contributed by atoms with Gasteiger partial charge in [0, 0.05) is 19.6 Å². The van der Waals surface area contributed by atoms with Gasteiger partial charge >= 0.3 is 0 Å². The number of fused-ring (bicyclic) bond motifs is 1. The molecule has 1 aliphatic heterocycles. The molecule has 1 amide bonds. The van der Waals surface area contributed by atoms with Crippen LogP contribution in [0.3, 0.4) is 0 Å². The maximum Gasteiger partial charge on any atom is 0.224 e. The molecular weight excluding hydrogens is 370 g/mol. The van der Waals surface area contributed by atoms with Gasteiger partial charge < -0.3 is 15.0 Å². The maximum atomic E-state index is 12.6. The Morgan fingerprint density at radius 1 is 1.29 bits per heavy atom. The summed E-state index contributed by atoms with van der Waals surface area (Å²) in [6.45, 7) is 2.36. The highest BCUT2D eigenvalue weighted by Gasteiger charge is 2.27. The van der Waals surface area contributed by atoms with Gasteiger partial charge in [-0.15, -0.1) is 0 Å². The topological polar surface area (TPSA) is 54.5 Å². The standard InChI is InChI=1S/C22H25N3O2S/c1-27-18-9-10-19-20(14-18)28-22(24-19)25-13-5-8-17(15-25)21(26)23-12-11-16-6-3-2-4-7-16/h2-4,6-7,9-10,14,17H,5,8,11-13,15H2,1H3,(H,23,26)/t17-/m0/s1. The molecule has 1 fully saturated rings. The number of methoxy groups -OCH3 is 1. The molecule has 3 aromatic rings. The van der Waals surface area contributed by atoms with E-state index in [2.05, 4.69) is 22.3 Å². The second kappa shape index (κ2) is 8.61. The fourth-order valence-electron chi connectivity index (χ4n) is 3.64. The maximum absolute atomic E-state index is 12.6. The molecule has 4 rings (SSSR count). The zero-order valence-electron chi connectivity index (χ0n) is 16.1. The lowest BCUT2D eigenvalue weighted by molar-refractivity contribution is -0.125. The van der Waals surface area contributed by atoms with Gasteiger partial charge in [-0.3, -0.25) is 4.79 Å². The van der Waals surface area contributed by atoms with E-state index in [1.807, 2.05) is 36.4 Å². The molecule has 1 aromatic heterocycles. The lowest BCUT2D eigenvalue weighted by Gasteiger charge is -2.31. The van der Waals surface area contributed by atoms with Gasteiger partial charge in [0.05, 0.1) is 23.2 Å². The molecule has 1 aliphatic rings. The summed E-state index contributed by atoms with van der Waals surface area (Å²) in [5.74, 6) is 1.02. The predicted octanol–water partition coefficient (Wildman–Crippen LogP) is 3.88. The van der Waals surface area contributed by atoms with Crippen molar-refractivity contribution in [3.63, 3.8) is 0 Å². The molecule has 1 N–H and O–H groups in total. The summed E-state index contributed by atoms with van der Waals surface area (Å²) in [7, 11) is 1.68. The molecule has 0 bridgehead atoms. The first-order valence-corrected chi connectivity index (χ1v) is 10.6. The first kappa shape index (κ1) is 18.7. The van der Waals surface area contributed by atoms with E-state index in [0.29, 0.717) is 6.54 Å². The van der Waals surface area contributed by atoms with Crippen molar-refractivity contribution in [3.05, 3.63) is 54.1 Å². The van der Waals surface area contributed by atoms with Crippen LogP contribution in [0.15, 0.2) is 48.5 Å². The van der Waals surface area contributed by atoms with Gasteiger partial charge in [0.1, 0.15) is 5.75 Å². The van der Waals surface area contributed by atoms with Crippen LogP contribution in [0.25, 0.3) is 10.2 Å². The molecule has 28 heavy (non-hydrogen) atoms. The number of carbonyl (C=O) groups is 1. The summed E-state index contributed by atoms with van der Waals surface area (Å²) < 4.78 is 6.42. The van der Waals surface area contributed by atoms with Gasteiger partial charge in [-0.2, -0.15) is 0 Å². The largest absolute Gasteiger partial charge is 0.497 e. The summed E-state index contributed by atoms with van der Waals surface area (Å²) >= 11 is 1.67. The molecule has 0 saturated carbocycles. The number of carbonyl (C=O) groups excluding carboxylic acids is 1. The number of hydrogen-bond acceptors (Lipinski definition) is 5. The van der Waals surface area contributed by atoms with Crippen LogP contribution in [0.2, 0.25) is 0 Å².